The van der Waals surface area contributed by atoms with Crippen LogP contribution in [0.5, 0.6) is 0 Å². The zero-order chi connectivity index (χ0) is 16.6. The van der Waals surface area contributed by atoms with Gasteiger partial charge in [-0.3, -0.25) is 9.59 Å². The van der Waals surface area contributed by atoms with Crippen LogP contribution in [0.1, 0.15) is 34.1 Å². The number of nitrogens with two attached hydrogens (primary N) is 2. The van der Waals surface area contributed by atoms with Crippen LogP contribution in [0.15, 0.2) is 11.8 Å². The monoisotopic (exact) mass is 290 g/mol. The Morgan fingerprint density at radius 2 is 1.45 bits per heavy atom. The number of carbonyl (C=O) groups excluding carboxylic acids is 3. The van der Waals surface area contributed by atoms with E-state index in [9.17, 15) is 14.4 Å². The van der Waals surface area contributed by atoms with Crippen molar-refractivity contribution in [1.82, 2.24) is 0 Å². The van der Waals surface area contributed by atoms with Crippen LogP contribution < -0.4 is 11.5 Å². The van der Waals surface area contributed by atoms with Gasteiger partial charge in [-0.1, -0.05) is 0 Å². The smallest absolute Gasteiger partial charge is 0.332 e. The largest absolute Gasteiger partial charge is 0.466 e. The number of Topliss-reactive ketones (excluding diaryl/α,β-unsaturated/α-hetero) is 1. The number of allylic oxidation sites excluding steroid dienone is 1. The molecular weight excluding hydrogens is 264 g/mol. The molecule has 0 rings (SSSR count). The lowest BCUT2D eigenvalue weighted by atomic mass is 10.3. The van der Waals surface area contributed by atoms with Crippen molar-refractivity contribution in [2.45, 2.75) is 34.1 Å². The number of ketones is 1. The minimum atomic E-state index is -0.440. The van der Waals surface area contributed by atoms with Crippen molar-refractivity contribution >= 4 is 17.7 Å². The van der Waals surface area contributed by atoms with Crippen molar-refractivity contribution < 1.29 is 23.9 Å². The maximum absolute atomic E-state index is 10.5. The van der Waals surface area contributed by atoms with Gasteiger partial charge in [-0.15, -0.1) is 0 Å². The number of carbonyl (C=O) groups is 3. The Morgan fingerprint density at radius 1 is 1.00 bits per heavy atom. The molecule has 0 aromatic heterocycles. The molecular formula is C13H26N2O5. The number of hydrogen-bond acceptors (Lipinski definition) is 7. The van der Waals surface area contributed by atoms with Gasteiger partial charge in [-0.2, -0.15) is 0 Å². The van der Waals surface area contributed by atoms with E-state index in [0.717, 1.165) is 0 Å². The van der Waals surface area contributed by atoms with Crippen LogP contribution in [0.25, 0.3) is 0 Å². The molecule has 20 heavy (non-hydrogen) atoms. The van der Waals surface area contributed by atoms with Crippen LogP contribution in [0.2, 0.25) is 0 Å². The van der Waals surface area contributed by atoms with E-state index < -0.39 is 5.97 Å². The van der Waals surface area contributed by atoms with Gasteiger partial charge in [0.2, 0.25) is 0 Å². The van der Waals surface area contributed by atoms with Crippen molar-refractivity contribution in [1.29, 1.82) is 0 Å². The first-order valence-corrected chi connectivity index (χ1v) is 6.16. The second kappa shape index (κ2) is 17.1. The van der Waals surface area contributed by atoms with Crippen molar-refractivity contribution in [2.24, 2.45) is 11.5 Å². The normalized spacial score (nSPS) is 9.20. The summed E-state index contributed by atoms with van der Waals surface area (Å²) in [5, 5.41) is 0. The first-order valence-electron chi connectivity index (χ1n) is 6.16. The molecule has 0 aliphatic rings. The summed E-state index contributed by atoms with van der Waals surface area (Å²) < 4.78 is 9.05. The third kappa shape index (κ3) is 25.1. The van der Waals surface area contributed by atoms with Crippen molar-refractivity contribution in [2.75, 3.05) is 20.3 Å². The number of ether oxygens (including phenoxy) is 2. The van der Waals surface area contributed by atoms with Gasteiger partial charge in [-0.05, 0) is 34.7 Å². The molecule has 0 aliphatic carbocycles. The summed E-state index contributed by atoms with van der Waals surface area (Å²) in [6.07, 6.45) is 1.15. The second-order valence-electron chi connectivity index (χ2n) is 3.32. The zero-order valence-electron chi connectivity index (χ0n) is 12.9. The fourth-order valence-electron chi connectivity index (χ4n) is 0.785. The van der Waals surface area contributed by atoms with Gasteiger partial charge < -0.3 is 20.9 Å². The highest BCUT2D eigenvalue weighted by molar-refractivity contribution is 5.94. The average Bonchev–Trinajstić information content (AvgIpc) is 2.30. The highest BCUT2D eigenvalue weighted by atomic mass is 16.5. The summed E-state index contributed by atoms with van der Waals surface area (Å²) in [5.74, 6) is -0.976. The van der Waals surface area contributed by atoms with Gasteiger partial charge >= 0.3 is 11.9 Å². The maximum atomic E-state index is 10.5. The molecule has 7 nitrogen and oxygen atoms in total. The molecule has 0 aliphatic heterocycles. The van der Waals surface area contributed by atoms with Crippen LogP contribution in [-0.4, -0.2) is 38.0 Å². The first kappa shape index (κ1) is 23.2. The third-order valence-corrected chi connectivity index (χ3v) is 1.33. The number of rotatable bonds is 5. The summed E-state index contributed by atoms with van der Waals surface area (Å²) in [6.45, 7) is 7.18. The molecule has 0 unspecified atom stereocenters. The molecule has 0 aromatic rings. The van der Waals surface area contributed by atoms with Crippen LogP contribution in [0, 0.1) is 0 Å². The summed E-state index contributed by atoms with van der Waals surface area (Å²) >= 11 is 0. The fourth-order valence-corrected chi connectivity index (χ4v) is 0.785. The molecule has 0 amide bonds. The Kier molecular flexibility index (Phi) is 19.9. The van der Waals surface area contributed by atoms with Gasteiger partial charge in [0, 0.05) is 11.8 Å². The lowest BCUT2D eigenvalue weighted by Crippen LogP contribution is -2.07. The standard InChI is InChI=1S/C6H11NO2.C6H10O3.CH5N/c2*1-3-9-6(8)4-5(2)7;1-2/h4H,3,7H2,1-2H3;3-4H2,1-2H3;2H2,1H3/b5-4-;;. The summed E-state index contributed by atoms with van der Waals surface area (Å²) in [7, 11) is 1.50. The van der Waals surface area contributed by atoms with E-state index in [1.54, 1.807) is 20.8 Å². The van der Waals surface area contributed by atoms with E-state index in [1.807, 2.05) is 0 Å². The molecule has 7 heteroatoms. The van der Waals surface area contributed by atoms with Gasteiger partial charge in [0.1, 0.15) is 12.2 Å². The Balaban J connectivity index is -0.000000257. The molecule has 118 valence electrons. The van der Waals surface area contributed by atoms with Crippen LogP contribution in [-0.2, 0) is 23.9 Å². The highest BCUT2D eigenvalue weighted by Gasteiger charge is 2.03. The van der Waals surface area contributed by atoms with E-state index in [0.29, 0.717) is 18.9 Å². The molecule has 0 heterocycles. The SMILES string of the molecule is CCOC(=O)/C=C(/C)N.CCOC(=O)CC(C)=O.CN. The Hall–Kier alpha value is -1.89. The van der Waals surface area contributed by atoms with E-state index in [1.165, 1.54) is 20.0 Å². The summed E-state index contributed by atoms with van der Waals surface area (Å²) in [5.41, 5.74) is 10.2. The minimum absolute atomic E-state index is 0.103. The summed E-state index contributed by atoms with van der Waals surface area (Å²) in [4.78, 5) is 31.1. The Bertz CT molecular complexity index is 310. The molecule has 0 aromatic carbocycles. The van der Waals surface area contributed by atoms with Crippen molar-refractivity contribution in [3.63, 3.8) is 0 Å². The average molecular weight is 290 g/mol. The summed E-state index contributed by atoms with van der Waals surface area (Å²) in [6, 6.07) is 0. The lowest BCUT2D eigenvalue weighted by molar-refractivity contribution is -0.145. The van der Waals surface area contributed by atoms with Gasteiger partial charge in [0.15, 0.2) is 0 Å². The topological polar surface area (TPSA) is 122 Å². The molecule has 0 fully saturated rings. The number of esters is 2. The molecule has 0 bridgehead atoms. The second-order valence-corrected chi connectivity index (χ2v) is 3.32. The predicted molar refractivity (Wildman–Crippen MR) is 76.6 cm³/mol. The molecule has 0 radical (unpaired) electrons. The van der Waals surface area contributed by atoms with Gasteiger partial charge in [0.25, 0.3) is 0 Å². The molecule has 4 N–H and O–H groups in total. The fraction of sp³-hybridized carbons (Fsp3) is 0.615. The van der Waals surface area contributed by atoms with Crippen LogP contribution in [0.3, 0.4) is 0 Å². The van der Waals surface area contributed by atoms with Crippen molar-refractivity contribution in [3.8, 4) is 0 Å². The highest BCUT2D eigenvalue weighted by Crippen LogP contribution is 1.86. The van der Waals surface area contributed by atoms with Gasteiger partial charge in [0.05, 0.1) is 13.2 Å². The Morgan fingerprint density at radius 3 is 1.75 bits per heavy atom. The predicted octanol–water partition coefficient (Wildman–Crippen LogP) is 0.516. The molecule has 0 saturated heterocycles. The third-order valence-electron chi connectivity index (χ3n) is 1.33. The number of hydrogen-bond donors (Lipinski definition) is 2. The van der Waals surface area contributed by atoms with E-state index in [4.69, 9.17) is 5.73 Å². The Labute approximate surface area is 120 Å². The minimum Gasteiger partial charge on any atom is -0.466 e. The van der Waals surface area contributed by atoms with E-state index in [-0.39, 0.29) is 18.2 Å². The van der Waals surface area contributed by atoms with Gasteiger partial charge in [-0.25, -0.2) is 4.79 Å². The lowest BCUT2D eigenvalue weighted by Gasteiger charge is -1.96. The van der Waals surface area contributed by atoms with Crippen LogP contribution in [0.4, 0.5) is 0 Å². The molecule has 0 atom stereocenters. The first-order chi connectivity index (χ1) is 9.33. The van der Waals surface area contributed by atoms with Crippen molar-refractivity contribution in [3.05, 3.63) is 11.8 Å². The van der Waals surface area contributed by atoms with E-state index >= 15 is 0 Å². The van der Waals surface area contributed by atoms with Crippen LogP contribution >= 0.6 is 0 Å². The zero-order valence-corrected chi connectivity index (χ0v) is 12.9. The maximum Gasteiger partial charge on any atom is 0.332 e. The molecule has 0 saturated carbocycles. The molecule has 0 spiro atoms. The quantitative estimate of drug-likeness (QED) is 0.430. The van der Waals surface area contributed by atoms with E-state index in [2.05, 4.69) is 15.2 Å².